The molecule has 5 N–H and O–H groups in total. The molecule has 0 saturated heterocycles. The molecule has 1 aliphatic rings. The number of carboxylic acids is 1. The minimum absolute atomic E-state index is 0.00964. The summed E-state index contributed by atoms with van der Waals surface area (Å²) >= 11 is 0. The molecule has 5 atom stereocenters. The van der Waals surface area contributed by atoms with Gasteiger partial charge in [0.1, 0.15) is 12.1 Å². The standard InChI is InChI=1S/C48H46N4O6/c1-48(47(58)52-42(25-32-14-6-3-7-15-32)45(55)50-40-23-21-34-17-9-11-19-36(34)28-40)29-37(26-38(30-48)46(56)57)43(53)51-41(24-31-12-4-2-5-13-31)44(54)49-39-22-20-33-16-8-10-18-35(33)27-39/h2-23,27-28,37-38,41-42H,24-26,29-30H2,1H3,(H,49,54)(H,50,55)(H,51,53)(H,52,58)(H,56,57)/t37-,38+,41?,42+,48?/m1/s1. The summed E-state index contributed by atoms with van der Waals surface area (Å²) in [5, 5.41) is 26.0. The fourth-order valence-electron chi connectivity index (χ4n) is 7.99. The van der Waals surface area contributed by atoms with Gasteiger partial charge < -0.3 is 26.4 Å². The minimum Gasteiger partial charge on any atom is -0.481 e. The molecule has 7 rings (SSSR count). The summed E-state index contributed by atoms with van der Waals surface area (Å²) < 4.78 is 0. The Hall–Kier alpha value is -6.81. The van der Waals surface area contributed by atoms with E-state index in [2.05, 4.69) is 21.3 Å². The van der Waals surface area contributed by atoms with E-state index in [1.165, 1.54) is 0 Å². The number of aliphatic carboxylic acids is 1. The molecule has 6 aromatic rings. The first-order valence-corrected chi connectivity index (χ1v) is 19.5. The Morgan fingerprint density at radius 2 is 1.00 bits per heavy atom. The number of carbonyl (C=O) groups is 5. The second-order valence-electron chi connectivity index (χ2n) is 15.5. The van der Waals surface area contributed by atoms with Crippen molar-refractivity contribution in [2.45, 2.75) is 51.1 Å². The average molecular weight is 775 g/mol. The van der Waals surface area contributed by atoms with Gasteiger partial charge in [0.15, 0.2) is 0 Å². The Kier molecular flexibility index (Phi) is 11.9. The van der Waals surface area contributed by atoms with E-state index in [1.807, 2.05) is 133 Å². The number of nitrogens with one attached hydrogen (secondary N) is 4. The topological polar surface area (TPSA) is 154 Å². The predicted molar refractivity (Wildman–Crippen MR) is 226 cm³/mol. The first-order chi connectivity index (χ1) is 28.0. The molecule has 1 fully saturated rings. The zero-order chi connectivity index (χ0) is 40.6. The van der Waals surface area contributed by atoms with Crippen LogP contribution in [0.4, 0.5) is 11.4 Å². The van der Waals surface area contributed by atoms with Gasteiger partial charge in [-0.3, -0.25) is 24.0 Å². The van der Waals surface area contributed by atoms with E-state index in [0.29, 0.717) is 11.4 Å². The molecule has 0 radical (unpaired) electrons. The van der Waals surface area contributed by atoms with Crippen LogP contribution in [-0.2, 0) is 36.8 Å². The maximum atomic E-state index is 14.4. The first kappa shape index (κ1) is 39.4. The van der Waals surface area contributed by atoms with Crippen molar-refractivity contribution in [2.75, 3.05) is 10.6 Å². The molecule has 2 unspecified atom stereocenters. The highest BCUT2D eigenvalue weighted by Crippen LogP contribution is 2.43. The van der Waals surface area contributed by atoms with E-state index in [-0.39, 0.29) is 32.1 Å². The average Bonchev–Trinajstić information content (AvgIpc) is 3.23. The maximum Gasteiger partial charge on any atom is 0.306 e. The zero-order valence-electron chi connectivity index (χ0n) is 32.2. The summed E-state index contributed by atoms with van der Waals surface area (Å²) in [6.07, 6.45) is 0.347. The van der Waals surface area contributed by atoms with Crippen LogP contribution in [-0.4, -0.2) is 46.8 Å². The number of hydrogen-bond acceptors (Lipinski definition) is 5. The van der Waals surface area contributed by atoms with Crippen LogP contribution in [0, 0.1) is 17.3 Å². The SMILES string of the molecule is CC1(C(=O)N[C@@H](Cc2ccccc2)C(=O)Nc2ccc3ccccc3c2)C[C@@H](C(=O)O)C[C@@H](C(=O)NC(Cc2ccccc2)C(=O)Nc2ccc3ccccc3c2)C1. The Labute approximate surface area is 337 Å². The fourth-order valence-corrected chi connectivity index (χ4v) is 7.99. The van der Waals surface area contributed by atoms with Crippen LogP contribution in [0.3, 0.4) is 0 Å². The maximum absolute atomic E-state index is 14.4. The van der Waals surface area contributed by atoms with Gasteiger partial charge >= 0.3 is 5.97 Å². The van der Waals surface area contributed by atoms with Crippen LogP contribution in [0.5, 0.6) is 0 Å². The van der Waals surface area contributed by atoms with Crippen molar-refractivity contribution in [3.8, 4) is 0 Å². The van der Waals surface area contributed by atoms with Gasteiger partial charge in [-0.1, -0.05) is 128 Å². The molecule has 0 bridgehead atoms. The van der Waals surface area contributed by atoms with Crippen LogP contribution in [0.2, 0.25) is 0 Å². The lowest BCUT2D eigenvalue weighted by atomic mass is 9.65. The molecule has 58 heavy (non-hydrogen) atoms. The normalized spacial score (nSPS) is 18.7. The van der Waals surface area contributed by atoms with Crippen molar-refractivity contribution in [3.05, 3.63) is 157 Å². The molecule has 0 spiro atoms. The van der Waals surface area contributed by atoms with Crippen molar-refractivity contribution < 1.29 is 29.1 Å². The number of benzene rings is 6. The van der Waals surface area contributed by atoms with E-state index < -0.39 is 58.9 Å². The molecule has 0 aliphatic heterocycles. The number of rotatable bonds is 13. The van der Waals surface area contributed by atoms with Gasteiger partial charge in [0.25, 0.3) is 0 Å². The molecule has 0 heterocycles. The van der Waals surface area contributed by atoms with Crippen LogP contribution in [0.15, 0.2) is 146 Å². The predicted octanol–water partition coefficient (Wildman–Crippen LogP) is 7.53. The first-order valence-electron chi connectivity index (χ1n) is 19.5. The smallest absolute Gasteiger partial charge is 0.306 e. The second kappa shape index (κ2) is 17.5. The van der Waals surface area contributed by atoms with E-state index in [9.17, 15) is 29.1 Å². The second-order valence-corrected chi connectivity index (χ2v) is 15.5. The molecular weight excluding hydrogens is 729 g/mol. The molecule has 1 saturated carbocycles. The molecule has 0 aromatic heterocycles. The van der Waals surface area contributed by atoms with E-state index in [4.69, 9.17) is 0 Å². The number of hydrogen-bond donors (Lipinski definition) is 5. The summed E-state index contributed by atoms with van der Waals surface area (Å²) in [7, 11) is 0. The monoisotopic (exact) mass is 774 g/mol. The number of anilines is 2. The van der Waals surface area contributed by atoms with Gasteiger partial charge in [-0.15, -0.1) is 0 Å². The largest absolute Gasteiger partial charge is 0.481 e. The molecule has 1 aliphatic carbocycles. The fraction of sp³-hybridized carbons (Fsp3) is 0.229. The number of carboxylic acid groups (broad SMARTS) is 1. The highest BCUT2D eigenvalue weighted by Gasteiger charge is 2.48. The van der Waals surface area contributed by atoms with E-state index >= 15 is 0 Å². The van der Waals surface area contributed by atoms with Crippen molar-refractivity contribution in [1.29, 1.82) is 0 Å². The number of amides is 4. The van der Waals surface area contributed by atoms with Gasteiger partial charge in [-0.05, 0) is 76.2 Å². The Bertz CT molecular complexity index is 2460. The number of carbonyl (C=O) groups excluding carboxylic acids is 4. The van der Waals surface area contributed by atoms with E-state index in [0.717, 1.165) is 32.7 Å². The minimum atomic E-state index is -1.33. The lowest BCUT2D eigenvalue weighted by Crippen LogP contribution is -2.54. The Balaban J connectivity index is 1.10. The molecule has 6 aromatic carbocycles. The van der Waals surface area contributed by atoms with Gasteiger partial charge in [0.2, 0.25) is 23.6 Å². The highest BCUT2D eigenvalue weighted by molar-refractivity contribution is 6.01. The molecule has 10 heteroatoms. The van der Waals surface area contributed by atoms with Gasteiger partial charge in [0.05, 0.1) is 5.92 Å². The van der Waals surface area contributed by atoms with Crippen molar-refractivity contribution >= 4 is 62.5 Å². The van der Waals surface area contributed by atoms with Crippen molar-refractivity contribution in [3.63, 3.8) is 0 Å². The number of fused-ring (bicyclic) bond motifs is 2. The third-order valence-electron chi connectivity index (χ3n) is 11.1. The van der Waals surface area contributed by atoms with E-state index in [1.54, 1.807) is 19.1 Å². The molecule has 10 nitrogen and oxygen atoms in total. The summed E-state index contributed by atoms with van der Waals surface area (Å²) in [6.45, 7) is 1.65. The van der Waals surface area contributed by atoms with Crippen LogP contribution >= 0.6 is 0 Å². The Morgan fingerprint density at radius 3 is 1.48 bits per heavy atom. The third kappa shape index (κ3) is 9.58. The third-order valence-corrected chi connectivity index (χ3v) is 11.1. The summed E-state index contributed by atoms with van der Waals surface area (Å²) in [4.78, 5) is 69.0. The zero-order valence-corrected chi connectivity index (χ0v) is 32.2. The van der Waals surface area contributed by atoms with Gasteiger partial charge in [-0.2, -0.15) is 0 Å². The molecule has 294 valence electrons. The lowest BCUT2D eigenvalue weighted by Gasteiger charge is -2.40. The molecule has 4 amide bonds. The van der Waals surface area contributed by atoms with Gasteiger partial charge in [-0.25, -0.2) is 0 Å². The van der Waals surface area contributed by atoms with Crippen LogP contribution in [0.1, 0.15) is 37.3 Å². The molecular formula is C48H46N4O6. The summed E-state index contributed by atoms with van der Waals surface area (Å²) in [5.74, 6) is -4.96. The van der Waals surface area contributed by atoms with Crippen molar-refractivity contribution in [1.82, 2.24) is 10.6 Å². The summed E-state index contributed by atoms with van der Waals surface area (Å²) in [6, 6.07) is 43.3. The van der Waals surface area contributed by atoms with Crippen molar-refractivity contribution in [2.24, 2.45) is 17.3 Å². The summed E-state index contributed by atoms with van der Waals surface area (Å²) in [5.41, 5.74) is 1.45. The quantitative estimate of drug-likeness (QED) is 0.0818. The van der Waals surface area contributed by atoms with Gasteiger partial charge in [0, 0.05) is 35.5 Å². The van der Waals surface area contributed by atoms with Crippen LogP contribution in [0.25, 0.3) is 21.5 Å². The van der Waals surface area contributed by atoms with Crippen LogP contribution < -0.4 is 21.3 Å². The highest BCUT2D eigenvalue weighted by atomic mass is 16.4. The Morgan fingerprint density at radius 1 is 0.569 bits per heavy atom. The lowest BCUT2D eigenvalue weighted by molar-refractivity contribution is -0.150.